The molecule has 6 nitrogen and oxygen atoms in total. The van der Waals surface area contributed by atoms with E-state index in [4.69, 9.17) is 9.84 Å². The van der Waals surface area contributed by atoms with E-state index >= 15 is 0 Å². The van der Waals surface area contributed by atoms with Crippen LogP contribution in [0.1, 0.15) is 20.9 Å². The number of aromatic carboxylic acids is 1. The molecule has 0 saturated heterocycles. The molecule has 2 N–H and O–H groups in total. The zero-order valence-corrected chi connectivity index (χ0v) is 11.3. The summed E-state index contributed by atoms with van der Waals surface area (Å²) in [5, 5.41) is 12.6. The van der Waals surface area contributed by atoms with Gasteiger partial charge in [-0.3, -0.25) is 0 Å². The molecule has 2 rings (SSSR count). The van der Waals surface area contributed by atoms with E-state index in [1.54, 1.807) is 20.2 Å². The summed E-state index contributed by atoms with van der Waals surface area (Å²) in [5.41, 5.74) is 1.08. The predicted octanol–water partition coefficient (Wildman–Crippen LogP) is 2.17. The highest BCUT2D eigenvalue weighted by Crippen LogP contribution is 2.22. The quantitative estimate of drug-likeness (QED) is 0.872. The van der Waals surface area contributed by atoms with Gasteiger partial charge in [0.2, 0.25) is 5.88 Å². The van der Waals surface area contributed by atoms with Gasteiger partial charge in [0.25, 0.3) is 0 Å². The molecular formula is C12H13N3O3S. The number of carboxylic acid groups (broad SMARTS) is 1. The predicted molar refractivity (Wildman–Crippen MR) is 71.9 cm³/mol. The first kappa shape index (κ1) is 13.3. The average Bonchev–Trinajstić information content (AvgIpc) is 2.78. The lowest BCUT2D eigenvalue weighted by atomic mass is 10.3. The summed E-state index contributed by atoms with van der Waals surface area (Å²) in [6.45, 7) is 2.27. The van der Waals surface area contributed by atoms with E-state index in [1.807, 2.05) is 12.1 Å². The van der Waals surface area contributed by atoms with Crippen LogP contribution in [0.5, 0.6) is 5.88 Å². The van der Waals surface area contributed by atoms with Gasteiger partial charge in [-0.15, -0.1) is 11.3 Å². The lowest BCUT2D eigenvalue weighted by Gasteiger charge is -2.04. The zero-order chi connectivity index (χ0) is 13.8. The second-order valence-corrected chi connectivity index (χ2v) is 4.99. The fraction of sp³-hybridized carbons (Fsp3) is 0.250. The largest absolute Gasteiger partial charge is 0.481 e. The highest BCUT2D eigenvalue weighted by atomic mass is 32.1. The topological polar surface area (TPSA) is 84.3 Å². The van der Waals surface area contributed by atoms with Gasteiger partial charge < -0.3 is 15.2 Å². The molecule has 0 fully saturated rings. The minimum atomic E-state index is -1.01. The van der Waals surface area contributed by atoms with Crippen LogP contribution in [0.3, 0.4) is 0 Å². The Kier molecular flexibility index (Phi) is 3.96. The third-order valence-corrected chi connectivity index (χ3v) is 3.38. The van der Waals surface area contributed by atoms with Crippen molar-refractivity contribution in [1.29, 1.82) is 0 Å². The maximum atomic E-state index is 10.9. The molecular weight excluding hydrogens is 266 g/mol. The van der Waals surface area contributed by atoms with Gasteiger partial charge >= 0.3 is 5.97 Å². The van der Waals surface area contributed by atoms with E-state index in [0.29, 0.717) is 22.4 Å². The number of hydrogen-bond acceptors (Lipinski definition) is 6. The number of hydrogen-bond donors (Lipinski definition) is 2. The fourth-order valence-electron chi connectivity index (χ4n) is 1.52. The van der Waals surface area contributed by atoms with Crippen molar-refractivity contribution in [3.8, 4) is 5.88 Å². The van der Waals surface area contributed by atoms with E-state index in [0.717, 1.165) is 5.56 Å². The van der Waals surface area contributed by atoms with Crippen molar-refractivity contribution in [3.05, 3.63) is 34.5 Å². The van der Waals surface area contributed by atoms with Gasteiger partial charge in [-0.1, -0.05) is 0 Å². The summed E-state index contributed by atoms with van der Waals surface area (Å²) in [6.07, 6.45) is 1.66. The molecule has 0 aliphatic carbocycles. The van der Waals surface area contributed by atoms with Gasteiger partial charge in [0.05, 0.1) is 7.11 Å². The smallest absolute Gasteiger partial charge is 0.355 e. The number of aromatic nitrogens is 2. The van der Waals surface area contributed by atoms with Gasteiger partial charge in [-0.2, -0.15) is 0 Å². The van der Waals surface area contributed by atoms with Crippen LogP contribution in [-0.2, 0) is 6.54 Å². The maximum Gasteiger partial charge on any atom is 0.355 e. The summed E-state index contributed by atoms with van der Waals surface area (Å²) in [6, 6.07) is 3.67. The van der Waals surface area contributed by atoms with E-state index in [-0.39, 0.29) is 5.69 Å². The number of aryl methyl sites for hydroxylation is 1. The second kappa shape index (κ2) is 5.66. The molecule has 0 atom stereocenters. The second-order valence-electron chi connectivity index (χ2n) is 3.79. The lowest BCUT2D eigenvalue weighted by Crippen LogP contribution is -2.02. The number of anilines is 1. The number of nitrogens with one attached hydrogen (secondary N) is 1. The molecule has 0 unspecified atom stereocenters. The van der Waals surface area contributed by atoms with Crippen molar-refractivity contribution in [2.24, 2.45) is 0 Å². The Morgan fingerprint density at radius 3 is 3.00 bits per heavy atom. The van der Waals surface area contributed by atoms with Crippen molar-refractivity contribution in [3.63, 3.8) is 0 Å². The highest BCUT2D eigenvalue weighted by Gasteiger charge is 2.13. The normalized spacial score (nSPS) is 10.2. The van der Waals surface area contributed by atoms with Crippen molar-refractivity contribution < 1.29 is 14.6 Å². The van der Waals surface area contributed by atoms with Crippen LogP contribution in [-0.4, -0.2) is 28.2 Å². The first-order valence-electron chi connectivity index (χ1n) is 5.53. The lowest BCUT2D eigenvalue weighted by molar-refractivity contribution is 0.0690. The van der Waals surface area contributed by atoms with Crippen molar-refractivity contribution in [2.45, 2.75) is 13.5 Å². The number of rotatable bonds is 5. The Morgan fingerprint density at radius 2 is 2.37 bits per heavy atom. The highest BCUT2D eigenvalue weighted by molar-refractivity contribution is 7.15. The van der Waals surface area contributed by atoms with Crippen molar-refractivity contribution in [2.75, 3.05) is 12.4 Å². The van der Waals surface area contributed by atoms with Crippen LogP contribution in [0.15, 0.2) is 18.3 Å². The van der Waals surface area contributed by atoms with E-state index in [9.17, 15) is 4.79 Å². The fourth-order valence-corrected chi connectivity index (χ4v) is 2.32. The van der Waals surface area contributed by atoms with Crippen molar-refractivity contribution >= 4 is 22.4 Å². The van der Waals surface area contributed by atoms with Gasteiger partial charge in [0.1, 0.15) is 0 Å². The molecule has 2 aromatic rings. The molecule has 0 spiro atoms. The number of thiazole rings is 1. The monoisotopic (exact) mass is 279 g/mol. The minimum absolute atomic E-state index is 0.0970. The molecule has 0 bridgehead atoms. The van der Waals surface area contributed by atoms with E-state index in [1.165, 1.54) is 11.3 Å². The first-order valence-corrected chi connectivity index (χ1v) is 6.35. The number of ether oxygens (including phenoxy) is 1. The Balaban J connectivity index is 2.06. The third kappa shape index (κ3) is 3.19. The van der Waals surface area contributed by atoms with Crippen LogP contribution in [0.25, 0.3) is 0 Å². The molecule has 0 aliphatic heterocycles. The Hall–Kier alpha value is -2.15. The van der Waals surface area contributed by atoms with E-state index < -0.39 is 5.97 Å². The zero-order valence-electron chi connectivity index (χ0n) is 10.5. The third-order valence-electron chi connectivity index (χ3n) is 2.45. The van der Waals surface area contributed by atoms with Crippen LogP contribution in [0.2, 0.25) is 0 Å². The molecule has 0 radical (unpaired) electrons. The van der Waals surface area contributed by atoms with Crippen LogP contribution in [0, 0.1) is 6.92 Å². The summed E-state index contributed by atoms with van der Waals surface area (Å²) in [4.78, 5) is 19.6. The number of carboxylic acids is 1. The molecule has 2 heterocycles. The standard InChI is InChI=1S/C12H13N3O3S/c1-7-10(11(16)17)15-12(19-7)14-6-8-3-4-13-9(5-8)18-2/h3-5H,6H2,1-2H3,(H,14,15)(H,16,17). The van der Waals surface area contributed by atoms with Crippen LogP contribution in [0.4, 0.5) is 5.13 Å². The summed E-state index contributed by atoms with van der Waals surface area (Å²) in [7, 11) is 1.56. The molecule has 0 aromatic carbocycles. The summed E-state index contributed by atoms with van der Waals surface area (Å²) in [5.74, 6) is -0.465. The molecule has 100 valence electrons. The Morgan fingerprint density at radius 1 is 1.58 bits per heavy atom. The molecule has 0 amide bonds. The summed E-state index contributed by atoms with van der Waals surface area (Å²) < 4.78 is 5.03. The van der Waals surface area contributed by atoms with Crippen molar-refractivity contribution in [1.82, 2.24) is 9.97 Å². The van der Waals surface area contributed by atoms with Crippen LogP contribution < -0.4 is 10.1 Å². The van der Waals surface area contributed by atoms with Gasteiger partial charge in [-0.25, -0.2) is 14.8 Å². The molecule has 0 saturated carbocycles. The summed E-state index contributed by atoms with van der Waals surface area (Å²) >= 11 is 1.32. The minimum Gasteiger partial charge on any atom is -0.481 e. The van der Waals surface area contributed by atoms with Crippen LogP contribution >= 0.6 is 11.3 Å². The molecule has 7 heteroatoms. The molecule has 19 heavy (non-hydrogen) atoms. The first-order chi connectivity index (χ1) is 9.10. The Labute approximate surface area is 114 Å². The molecule has 2 aromatic heterocycles. The van der Waals surface area contributed by atoms with Gasteiger partial charge in [-0.05, 0) is 18.6 Å². The number of nitrogens with zero attached hydrogens (tertiary/aromatic N) is 2. The number of pyridine rings is 1. The molecule has 0 aliphatic rings. The number of carbonyl (C=O) groups is 1. The van der Waals surface area contributed by atoms with E-state index in [2.05, 4.69) is 15.3 Å². The van der Waals surface area contributed by atoms with Gasteiger partial charge in [0.15, 0.2) is 10.8 Å². The Bertz CT molecular complexity index is 598. The average molecular weight is 279 g/mol. The SMILES string of the molecule is COc1cc(CNc2nc(C(=O)O)c(C)s2)ccn1. The maximum absolute atomic E-state index is 10.9. The number of methoxy groups -OCH3 is 1. The van der Waals surface area contributed by atoms with Gasteiger partial charge in [0, 0.05) is 23.7 Å².